The maximum absolute atomic E-state index is 13.6. The number of para-hydroxylation sites is 1. The second-order valence-corrected chi connectivity index (χ2v) is 4.76. The lowest BCUT2D eigenvalue weighted by Gasteiger charge is -2.10. The SMILES string of the molecule is NC(=O)COc1ccc(CNc2c(F)cccc2Cl)cc1. The van der Waals surface area contributed by atoms with E-state index in [4.69, 9.17) is 22.1 Å². The molecule has 0 fully saturated rings. The van der Waals surface area contributed by atoms with Crippen molar-refractivity contribution in [2.45, 2.75) is 6.54 Å². The first kappa shape index (κ1) is 15.1. The topological polar surface area (TPSA) is 64.4 Å². The number of nitrogens with two attached hydrogens (primary N) is 1. The number of benzene rings is 2. The minimum atomic E-state index is -0.532. The molecule has 1 amide bonds. The van der Waals surface area contributed by atoms with Gasteiger partial charge in [0.15, 0.2) is 6.61 Å². The van der Waals surface area contributed by atoms with Gasteiger partial charge in [-0.3, -0.25) is 4.79 Å². The van der Waals surface area contributed by atoms with Gasteiger partial charge in [-0.05, 0) is 29.8 Å². The maximum Gasteiger partial charge on any atom is 0.255 e. The van der Waals surface area contributed by atoms with E-state index < -0.39 is 11.7 Å². The Labute approximate surface area is 126 Å². The summed E-state index contributed by atoms with van der Waals surface area (Å²) < 4.78 is 18.7. The summed E-state index contributed by atoms with van der Waals surface area (Å²) in [6.07, 6.45) is 0. The highest BCUT2D eigenvalue weighted by Gasteiger charge is 2.06. The normalized spacial score (nSPS) is 10.2. The molecule has 21 heavy (non-hydrogen) atoms. The van der Waals surface area contributed by atoms with Gasteiger partial charge in [-0.25, -0.2) is 4.39 Å². The zero-order valence-electron chi connectivity index (χ0n) is 11.1. The highest BCUT2D eigenvalue weighted by atomic mass is 35.5. The molecule has 0 aromatic heterocycles. The lowest BCUT2D eigenvalue weighted by atomic mass is 10.2. The molecule has 0 radical (unpaired) electrons. The molecule has 0 atom stereocenters. The molecule has 0 saturated carbocycles. The van der Waals surface area contributed by atoms with Crippen molar-refractivity contribution in [1.82, 2.24) is 0 Å². The molecule has 2 aromatic carbocycles. The first-order valence-corrected chi connectivity index (χ1v) is 6.62. The maximum atomic E-state index is 13.6. The lowest BCUT2D eigenvalue weighted by Crippen LogP contribution is -2.19. The van der Waals surface area contributed by atoms with E-state index in [1.807, 2.05) is 0 Å². The van der Waals surface area contributed by atoms with Crippen molar-refractivity contribution in [2.24, 2.45) is 5.73 Å². The summed E-state index contributed by atoms with van der Waals surface area (Å²) in [6.45, 7) is 0.249. The third-order valence-corrected chi connectivity index (χ3v) is 3.05. The van der Waals surface area contributed by atoms with E-state index in [0.717, 1.165) is 5.56 Å². The number of rotatable bonds is 6. The van der Waals surface area contributed by atoms with Gasteiger partial charge in [0, 0.05) is 6.54 Å². The molecule has 0 heterocycles. The molecule has 2 aromatic rings. The van der Waals surface area contributed by atoms with Crippen LogP contribution in [0, 0.1) is 5.82 Å². The van der Waals surface area contributed by atoms with Gasteiger partial charge in [-0.1, -0.05) is 29.8 Å². The molecule has 0 spiro atoms. The predicted molar refractivity (Wildman–Crippen MR) is 79.9 cm³/mol. The van der Waals surface area contributed by atoms with E-state index in [1.54, 1.807) is 36.4 Å². The van der Waals surface area contributed by atoms with Crippen LogP contribution in [0.15, 0.2) is 42.5 Å². The molecule has 4 nitrogen and oxygen atoms in total. The zero-order valence-corrected chi connectivity index (χ0v) is 11.9. The van der Waals surface area contributed by atoms with Crippen LogP contribution < -0.4 is 15.8 Å². The second-order valence-electron chi connectivity index (χ2n) is 4.35. The van der Waals surface area contributed by atoms with Crippen molar-refractivity contribution in [1.29, 1.82) is 0 Å². The van der Waals surface area contributed by atoms with Crippen molar-refractivity contribution in [3.8, 4) is 5.75 Å². The molecule has 3 N–H and O–H groups in total. The Hall–Kier alpha value is -2.27. The molecule has 6 heteroatoms. The van der Waals surface area contributed by atoms with Crippen LogP contribution >= 0.6 is 11.6 Å². The minimum Gasteiger partial charge on any atom is -0.484 e. The molecular weight excluding hydrogens is 295 g/mol. The standard InChI is InChI=1S/C15H14ClFN2O2/c16-12-2-1-3-13(17)15(12)19-8-10-4-6-11(7-5-10)21-9-14(18)20/h1-7,19H,8-9H2,(H2,18,20). The number of nitrogens with one attached hydrogen (secondary N) is 1. The number of primary amides is 1. The average Bonchev–Trinajstić information content (AvgIpc) is 2.46. The van der Waals surface area contributed by atoms with Crippen molar-refractivity contribution in [3.05, 3.63) is 58.9 Å². The number of hydrogen-bond acceptors (Lipinski definition) is 3. The quantitative estimate of drug-likeness (QED) is 0.862. The van der Waals surface area contributed by atoms with Gasteiger partial charge in [0.1, 0.15) is 11.6 Å². The summed E-state index contributed by atoms with van der Waals surface area (Å²) in [5.74, 6) is -0.389. The largest absolute Gasteiger partial charge is 0.484 e. The molecule has 0 unspecified atom stereocenters. The van der Waals surface area contributed by atoms with Gasteiger partial charge in [0.05, 0.1) is 10.7 Å². The van der Waals surface area contributed by atoms with E-state index >= 15 is 0 Å². The van der Waals surface area contributed by atoms with Gasteiger partial charge in [0.2, 0.25) is 0 Å². The Morgan fingerprint density at radius 3 is 2.57 bits per heavy atom. The number of hydrogen-bond donors (Lipinski definition) is 2. The van der Waals surface area contributed by atoms with E-state index in [-0.39, 0.29) is 12.3 Å². The average molecular weight is 309 g/mol. The number of halogens is 2. The number of carbonyl (C=O) groups excluding carboxylic acids is 1. The molecule has 0 aliphatic carbocycles. The third kappa shape index (κ3) is 4.36. The lowest BCUT2D eigenvalue weighted by molar-refractivity contribution is -0.119. The molecule has 0 bridgehead atoms. The number of carbonyl (C=O) groups is 1. The van der Waals surface area contributed by atoms with Crippen molar-refractivity contribution in [3.63, 3.8) is 0 Å². The van der Waals surface area contributed by atoms with E-state index in [9.17, 15) is 9.18 Å². The van der Waals surface area contributed by atoms with E-state index in [2.05, 4.69) is 5.32 Å². The molecule has 0 aliphatic rings. The molecule has 0 aliphatic heterocycles. The van der Waals surface area contributed by atoms with Gasteiger partial charge >= 0.3 is 0 Å². The number of amides is 1. The smallest absolute Gasteiger partial charge is 0.255 e. The van der Waals surface area contributed by atoms with Crippen LogP contribution in [0.5, 0.6) is 5.75 Å². The van der Waals surface area contributed by atoms with Crippen LogP contribution in [-0.4, -0.2) is 12.5 Å². The third-order valence-electron chi connectivity index (χ3n) is 2.74. The Morgan fingerprint density at radius 1 is 1.24 bits per heavy atom. The van der Waals surface area contributed by atoms with Crippen LogP contribution in [-0.2, 0) is 11.3 Å². The van der Waals surface area contributed by atoms with Crippen LogP contribution in [0.3, 0.4) is 0 Å². The molecule has 0 saturated heterocycles. The molecular formula is C15H14ClFN2O2. The van der Waals surface area contributed by atoms with Crippen LogP contribution in [0.4, 0.5) is 10.1 Å². The summed E-state index contributed by atoms with van der Waals surface area (Å²) >= 11 is 5.93. The Morgan fingerprint density at radius 2 is 1.95 bits per heavy atom. The fourth-order valence-corrected chi connectivity index (χ4v) is 1.94. The van der Waals surface area contributed by atoms with E-state index in [1.165, 1.54) is 6.07 Å². The highest BCUT2D eigenvalue weighted by molar-refractivity contribution is 6.33. The second kappa shape index (κ2) is 6.95. The Kier molecular flexibility index (Phi) is 5.00. The van der Waals surface area contributed by atoms with Crippen molar-refractivity contribution >= 4 is 23.2 Å². The Bertz CT molecular complexity index is 612. The summed E-state index contributed by atoms with van der Waals surface area (Å²) in [5.41, 5.74) is 6.18. The van der Waals surface area contributed by atoms with Crippen LogP contribution in [0.25, 0.3) is 0 Å². The zero-order chi connectivity index (χ0) is 15.2. The van der Waals surface area contributed by atoms with Gasteiger partial charge < -0.3 is 15.8 Å². The first-order valence-electron chi connectivity index (χ1n) is 6.24. The molecule has 110 valence electrons. The van der Waals surface area contributed by atoms with Crippen molar-refractivity contribution < 1.29 is 13.9 Å². The van der Waals surface area contributed by atoms with E-state index in [0.29, 0.717) is 17.3 Å². The summed E-state index contributed by atoms with van der Waals surface area (Å²) in [6, 6.07) is 11.5. The fourth-order valence-electron chi connectivity index (χ4n) is 1.72. The molecule has 2 rings (SSSR count). The van der Waals surface area contributed by atoms with Gasteiger partial charge in [-0.15, -0.1) is 0 Å². The highest BCUT2D eigenvalue weighted by Crippen LogP contribution is 2.25. The predicted octanol–water partition coefficient (Wildman–Crippen LogP) is 2.96. The number of ether oxygens (including phenoxy) is 1. The van der Waals surface area contributed by atoms with Gasteiger partial charge in [-0.2, -0.15) is 0 Å². The summed E-state index contributed by atoms with van der Waals surface area (Å²) in [4.78, 5) is 10.6. The Balaban J connectivity index is 1.96. The fraction of sp³-hybridized carbons (Fsp3) is 0.133. The first-order chi connectivity index (χ1) is 10.1. The monoisotopic (exact) mass is 308 g/mol. The van der Waals surface area contributed by atoms with Crippen molar-refractivity contribution in [2.75, 3.05) is 11.9 Å². The van der Waals surface area contributed by atoms with Gasteiger partial charge in [0.25, 0.3) is 5.91 Å². The number of anilines is 1. The minimum absolute atomic E-state index is 0.164. The van der Waals surface area contributed by atoms with Crippen LogP contribution in [0.2, 0.25) is 5.02 Å². The summed E-state index contributed by atoms with van der Waals surface area (Å²) in [5, 5.41) is 3.28. The summed E-state index contributed by atoms with van der Waals surface area (Å²) in [7, 11) is 0. The van der Waals surface area contributed by atoms with Crippen LogP contribution in [0.1, 0.15) is 5.56 Å².